The first-order valence-electron chi connectivity index (χ1n) is 6.59. The molecule has 1 unspecified atom stereocenters. The van der Waals surface area contributed by atoms with Crippen molar-refractivity contribution in [3.63, 3.8) is 0 Å². The van der Waals surface area contributed by atoms with E-state index >= 15 is 0 Å². The van der Waals surface area contributed by atoms with E-state index in [-0.39, 0.29) is 18.2 Å². The molecule has 2 rings (SSSR count). The third-order valence-corrected chi connectivity index (χ3v) is 3.05. The lowest BCUT2D eigenvalue weighted by atomic mass is 10.1. The number of nitrogens with one attached hydrogen (secondary N) is 2. The minimum atomic E-state index is -0.794. The molecule has 0 saturated carbocycles. The molecule has 1 aromatic heterocycles. The van der Waals surface area contributed by atoms with Crippen LogP contribution in [0.1, 0.15) is 5.56 Å². The lowest BCUT2D eigenvalue weighted by molar-refractivity contribution is 0.273. The van der Waals surface area contributed by atoms with E-state index in [9.17, 15) is 13.9 Å². The van der Waals surface area contributed by atoms with Crippen LogP contribution in [0.15, 0.2) is 36.4 Å². The van der Waals surface area contributed by atoms with Crippen LogP contribution in [0.3, 0.4) is 0 Å². The van der Waals surface area contributed by atoms with Crippen LogP contribution in [0.5, 0.6) is 0 Å². The predicted octanol–water partition coefficient (Wildman–Crippen LogP) is 2.42. The van der Waals surface area contributed by atoms with Gasteiger partial charge in [0.2, 0.25) is 0 Å². The second-order valence-electron chi connectivity index (χ2n) is 4.61. The third kappa shape index (κ3) is 3.88. The summed E-state index contributed by atoms with van der Waals surface area (Å²) >= 11 is 0. The molecule has 21 heavy (non-hydrogen) atoms. The number of aliphatic hydroxyl groups excluding tert-OH is 1. The number of halogens is 2. The zero-order valence-electron chi connectivity index (χ0n) is 11.6. The maximum absolute atomic E-state index is 13.7. The van der Waals surface area contributed by atoms with Crippen molar-refractivity contribution in [1.82, 2.24) is 4.98 Å². The Hall–Kier alpha value is -2.21. The quantitative estimate of drug-likeness (QED) is 0.765. The highest BCUT2D eigenvalue weighted by molar-refractivity contribution is 5.47. The molecule has 3 N–H and O–H groups in total. The summed E-state index contributed by atoms with van der Waals surface area (Å²) in [5.41, 5.74) is 1.00. The van der Waals surface area contributed by atoms with Crippen LogP contribution in [0.25, 0.3) is 0 Å². The summed E-state index contributed by atoms with van der Waals surface area (Å²) < 4.78 is 27.1. The van der Waals surface area contributed by atoms with Gasteiger partial charge in [-0.25, -0.2) is 13.8 Å². The maximum atomic E-state index is 13.7. The fourth-order valence-corrected chi connectivity index (χ4v) is 2.00. The normalized spacial score (nSPS) is 12.0. The van der Waals surface area contributed by atoms with Gasteiger partial charge in [-0.2, -0.15) is 0 Å². The van der Waals surface area contributed by atoms with E-state index in [1.165, 1.54) is 7.05 Å². The Balaban J connectivity index is 2.15. The topological polar surface area (TPSA) is 57.2 Å². The Bertz CT molecular complexity index is 593. The fourth-order valence-electron chi connectivity index (χ4n) is 2.00. The molecule has 1 heterocycles. The number of pyridine rings is 1. The first-order chi connectivity index (χ1) is 10.1. The largest absolute Gasteiger partial charge is 0.394 e. The Morgan fingerprint density at radius 2 is 1.81 bits per heavy atom. The molecule has 6 heteroatoms. The molecule has 1 atom stereocenters. The first-order valence-corrected chi connectivity index (χ1v) is 6.59. The van der Waals surface area contributed by atoms with E-state index in [0.29, 0.717) is 6.42 Å². The third-order valence-electron chi connectivity index (χ3n) is 3.05. The van der Waals surface area contributed by atoms with Gasteiger partial charge in [0, 0.05) is 13.1 Å². The van der Waals surface area contributed by atoms with Crippen LogP contribution in [-0.4, -0.2) is 29.8 Å². The number of rotatable bonds is 6. The molecule has 0 fully saturated rings. The van der Waals surface area contributed by atoms with Gasteiger partial charge in [-0.1, -0.05) is 30.3 Å². The van der Waals surface area contributed by atoms with Crippen LogP contribution in [0.4, 0.5) is 20.4 Å². The van der Waals surface area contributed by atoms with Gasteiger partial charge in [-0.3, -0.25) is 0 Å². The van der Waals surface area contributed by atoms with E-state index < -0.39 is 17.7 Å². The second kappa shape index (κ2) is 6.99. The van der Waals surface area contributed by atoms with Crippen molar-refractivity contribution in [3.8, 4) is 0 Å². The van der Waals surface area contributed by atoms with E-state index in [2.05, 4.69) is 15.6 Å². The van der Waals surface area contributed by atoms with Crippen molar-refractivity contribution in [2.75, 3.05) is 24.3 Å². The molecule has 0 amide bonds. The van der Waals surface area contributed by atoms with Gasteiger partial charge in [-0.05, 0) is 12.0 Å². The maximum Gasteiger partial charge on any atom is 0.168 e. The van der Waals surface area contributed by atoms with Gasteiger partial charge in [-0.15, -0.1) is 0 Å². The zero-order valence-corrected chi connectivity index (χ0v) is 11.6. The molecule has 4 nitrogen and oxygen atoms in total. The fraction of sp³-hybridized carbons (Fsp3) is 0.267. The molecule has 0 saturated heterocycles. The van der Waals surface area contributed by atoms with E-state index in [1.54, 1.807) is 0 Å². The number of aliphatic hydroxyl groups is 1. The molecule has 0 aliphatic rings. The Kier molecular flexibility index (Phi) is 5.05. The minimum absolute atomic E-state index is 0.0460. The smallest absolute Gasteiger partial charge is 0.168 e. The van der Waals surface area contributed by atoms with E-state index in [1.807, 2.05) is 30.3 Å². The predicted molar refractivity (Wildman–Crippen MR) is 78.3 cm³/mol. The molecule has 2 aromatic rings. The molecule has 0 spiro atoms. The summed E-state index contributed by atoms with van der Waals surface area (Å²) in [6, 6.07) is 9.85. The van der Waals surface area contributed by atoms with Crippen LogP contribution >= 0.6 is 0 Å². The first kappa shape index (κ1) is 15.2. The van der Waals surface area contributed by atoms with Crippen molar-refractivity contribution in [2.24, 2.45) is 0 Å². The number of anilines is 2. The van der Waals surface area contributed by atoms with Crippen LogP contribution in [0.2, 0.25) is 0 Å². The van der Waals surface area contributed by atoms with Gasteiger partial charge in [0.1, 0.15) is 0 Å². The lowest BCUT2D eigenvalue weighted by Gasteiger charge is -2.18. The molecule has 1 aromatic carbocycles. The monoisotopic (exact) mass is 293 g/mol. The molecule has 0 radical (unpaired) electrons. The van der Waals surface area contributed by atoms with Gasteiger partial charge in [0.15, 0.2) is 23.3 Å². The van der Waals surface area contributed by atoms with Gasteiger partial charge >= 0.3 is 0 Å². The molecule has 112 valence electrons. The highest BCUT2D eigenvalue weighted by Gasteiger charge is 2.15. The molecule has 0 aliphatic carbocycles. The highest BCUT2D eigenvalue weighted by Crippen LogP contribution is 2.19. The molecular formula is C15H17F2N3O. The average molecular weight is 293 g/mol. The van der Waals surface area contributed by atoms with Crippen LogP contribution in [0, 0.1) is 11.6 Å². The molecular weight excluding hydrogens is 276 g/mol. The Morgan fingerprint density at radius 1 is 1.14 bits per heavy atom. The van der Waals surface area contributed by atoms with Gasteiger partial charge in [0.05, 0.1) is 12.6 Å². The second-order valence-corrected chi connectivity index (χ2v) is 4.61. The standard InChI is InChI=1S/C15H17F2N3O/c1-18-14-12(16)8-13(17)15(20-14)19-11(9-21)7-10-5-3-2-4-6-10/h2-6,8,11,21H,7,9H2,1H3,(H2,18,19,20). The molecule has 0 bridgehead atoms. The number of benzene rings is 1. The summed E-state index contributed by atoms with van der Waals surface area (Å²) in [5, 5.41) is 14.8. The minimum Gasteiger partial charge on any atom is -0.394 e. The zero-order chi connectivity index (χ0) is 15.2. The number of aromatic nitrogens is 1. The number of hydrogen-bond donors (Lipinski definition) is 3. The van der Waals surface area contributed by atoms with E-state index in [4.69, 9.17) is 0 Å². The average Bonchev–Trinajstić information content (AvgIpc) is 2.50. The van der Waals surface area contributed by atoms with Crippen molar-refractivity contribution >= 4 is 11.6 Å². The van der Waals surface area contributed by atoms with Crippen molar-refractivity contribution in [3.05, 3.63) is 53.6 Å². The molecule has 0 aliphatic heterocycles. The summed E-state index contributed by atoms with van der Waals surface area (Å²) in [7, 11) is 1.50. The van der Waals surface area contributed by atoms with Gasteiger partial charge < -0.3 is 15.7 Å². The number of hydrogen-bond acceptors (Lipinski definition) is 4. The van der Waals surface area contributed by atoms with Crippen molar-refractivity contribution in [2.45, 2.75) is 12.5 Å². The summed E-state index contributed by atoms with van der Waals surface area (Å²) in [6.07, 6.45) is 0.505. The van der Waals surface area contributed by atoms with Crippen LogP contribution in [-0.2, 0) is 6.42 Å². The van der Waals surface area contributed by atoms with Crippen molar-refractivity contribution in [1.29, 1.82) is 0 Å². The highest BCUT2D eigenvalue weighted by atomic mass is 19.1. The van der Waals surface area contributed by atoms with E-state index in [0.717, 1.165) is 11.6 Å². The summed E-state index contributed by atoms with van der Waals surface area (Å²) in [6.45, 7) is -0.192. The number of nitrogens with zero attached hydrogens (tertiary/aromatic N) is 1. The SMILES string of the molecule is CNc1nc(NC(CO)Cc2ccccc2)c(F)cc1F. The Labute approximate surface area is 121 Å². The van der Waals surface area contributed by atoms with Gasteiger partial charge in [0.25, 0.3) is 0 Å². The van der Waals surface area contributed by atoms with Crippen LogP contribution < -0.4 is 10.6 Å². The summed E-state index contributed by atoms with van der Waals surface area (Å²) in [5.74, 6) is -1.69. The van der Waals surface area contributed by atoms with Crippen molar-refractivity contribution < 1.29 is 13.9 Å². The summed E-state index contributed by atoms with van der Waals surface area (Å²) in [4.78, 5) is 3.84. The lowest BCUT2D eigenvalue weighted by Crippen LogP contribution is -2.27. The Morgan fingerprint density at radius 3 is 2.43 bits per heavy atom.